The van der Waals surface area contributed by atoms with Gasteiger partial charge < -0.3 is 10.3 Å². The zero-order chi connectivity index (χ0) is 25.5. The van der Waals surface area contributed by atoms with Crippen LogP contribution in [0.2, 0.25) is 0 Å². The van der Waals surface area contributed by atoms with Crippen LogP contribution in [0.3, 0.4) is 0 Å². The van der Waals surface area contributed by atoms with Gasteiger partial charge in [0.1, 0.15) is 5.69 Å². The van der Waals surface area contributed by atoms with Gasteiger partial charge in [0.25, 0.3) is 0 Å². The van der Waals surface area contributed by atoms with E-state index >= 15 is 0 Å². The Balaban J connectivity index is 1.25. The first-order valence-corrected chi connectivity index (χ1v) is 12.9. The van der Waals surface area contributed by atoms with E-state index in [0.29, 0.717) is 5.69 Å². The Morgan fingerprint density at radius 1 is 0.868 bits per heavy atom. The zero-order valence-electron chi connectivity index (χ0n) is 20.6. The minimum atomic E-state index is 0.0749. The van der Waals surface area contributed by atoms with Crippen molar-refractivity contribution in [2.45, 2.75) is 25.7 Å². The molecule has 6 aromatic rings. The molecule has 5 heterocycles. The van der Waals surface area contributed by atoms with Crippen molar-refractivity contribution in [1.29, 1.82) is 0 Å². The summed E-state index contributed by atoms with van der Waals surface area (Å²) in [4.78, 5) is 29.7. The number of benzene rings is 1. The molecule has 5 aromatic heterocycles. The molecule has 1 fully saturated rings. The first-order valence-electron chi connectivity index (χ1n) is 12.9. The van der Waals surface area contributed by atoms with Crippen LogP contribution in [0.25, 0.3) is 55.7 Å². The lowest BCUT2D eigenvalue weighted by Gasteiger charge is -2.11. The number of pyridine rings is 3. The maximum Gasteiger partial charge on any atom is 0.227 e. The molecule has 8 heteroatoms. The summed E-state index contributed by atoms with van der Waals surface area (Å²) < 4.78 is 0. The van der Waals surface area contributed by atoms with Crippen molar-refractivity contribution >= 4 is 33.4 Å². The van der Waals surface area contributed by atoms with E-state index in [4.69, 9.17) is 0 Å². The molecule has 0 unspecified atom stereocenters. The normalized spacial score (nSPS) is 13.9. The molecule has 186 valence electrons. The van der Waals surface area contributed by atoms with E-state index in [1.807, 2.05) is 42.6 Å². The van der Waals surface area contributed by atoms with Crippen molar-refractivity contribution in [3.63, 3.8) is 0 Å². The lowest BCUT2D eigenvalue weighted by molar-refractivity contribution is -0.119. The Morgan fingerprint density at radius 2 is 1.79 bits per heavy atom. The number of amides is 1. The number of carbonyl (C=O) groups is 1. The second-order valence-corrected chi connectivity index (χ2v) is 9.79. The average molecular weight is 500 g/mol. The van der Waals surface area contributed by atoms with Gasteiger partial charge >= 0.3 is 0 Å². The Kier molecular flexibility index (Phi) is 5.43. The molecular formula is C30H25N7O. The number of fused-ring (bicyclic) bond motifs is 2. The fourth-order valence-corrected chi connectivity index (χ4v) is 5.39. The molecule has 1 saturated carbocycles. The number of nitrogens with one attached hydrogen (secondary N) is 3. The molecule has 7 rings (SSSR count). The summed E-state index contributed by atoms with van der Waals surface area (Å²) in [6, 6.07) is 18.2. The molecule has 38 heavy (non-hydrogen) atoms. The molecule has 0 bridgehead atoms. The third-order valence-corrected chi connectivity index (χ3v) is 7.33. The lowest BCUT2D eigenvalue weighted by Crippen LogP contribution is -2.20. The van der Waals surface area contributed by atoms with Crippen LogP contribution in [-0.4, -0.2) is 36.0 Å². The van der Waals surface area contributed by atoms with Crippen LogP contribution in [0.1, 0.15) is 25.7 Å². The smallest absolute Gasteiger partial charge is 0.227 e. The number of nitrogens with zero attached hydrogens (tertiary/aromatic N) is 4. The zero-order valence-corrected chi connectivity index (χ0v) is 20.6. The lowest BCUT2D eigenvalue weighted by atomic mass is 10.1. The van der Waals surface area contributed by atoms with Gasteiger partial charge in [0, 0.05) is 45.7 Å². The third-order valence-electron chi connectivity index (χ3n) is 7.33. The molecule has 0 spiro atoms. The number of carbonyl (C=O) groups excluding carboxylic acids is 1. The predicted molar refractivity (Wildman–Crippen MR) is 148 cm³/mol. The van der Waals surface area contributed by atoms with Gasteiger partial charge in [-0.1, -0.05) is 31.0 Å². The maximum absolute atomic E-state index is 12.6. The van der Waals surface area contributed by atoms with Crippen LogP contribution in [0, 0.1) is 5.92 Å². The van der Waals surface area contributed by atoms with Gasteiger partial charge in [0.2, 0.25) is 5.91 Å². The van der Waals surface area contributed by atoms with Crippen molar-refractivity contribution in [2.75, 3.05) is 5.32 Å². The highest BCUT2D eigenvalue weighted by Crippen LogP contribution is 2.34. The van der Waals surface area contributed by atoms with E-state index in [-0.39, 0.29) is 11.8 Å². The average Bonchev–Trinajstić information content (AvgIpc) is 3.73. The maximum atomic E-state index is 12.6. The van der Waals surface area contributed by atoms with Gasteiger partial charge in [-0.15, -0.1) is 0 Å². The Bertz CT molecular complexity index is 1780. The molecular weight excluding hydrogens is 474 g/mol. The van der Waals surface area contributed by atoms with Crippen molar-refractivity contribution in [3.8, 4) is 33.9 Å². The number of rotatable bonds is 5. The van der Waals surface area contributed by atoms with Crippen LogP contribution >= 0.6 is 0 Å². The predicted octanol–water partition coefficient (Wildman–Crippen LogP) is 6.36. The minimum absolute atomic E-state index is 0.0749. The Morgan fingerprint density at radius 3 is 2.66 bits per heavy atom. The molecule has 8 nitrogen and oxygen atoms in total. The number of anilines is 1. The monoisotopic (exact) mass is 499 g/mol. The van der Waals surface area contributed by atoms with Gasteiger partial charge in [0.15, 0.2) is 0 Å². The molecule has 1 aromatic carbocycles. The molecule has 3 N–H and O–H groups in total. The molecule has 0 atom stereocenters. The second-order valence-electron chi connectivity index (χ2n) is 9.79. The second kappa shape index (κ2) is 9.23. The van der Waals surface area contributed by atoms with Crippen molar-refractivity contribution in [1.82, 2.24) is 30.1 Å². The first kappa shape index (κ1) is 22.4. The number of aromatic amines is 2. The molecule has 1 aliphatic carbocycles. The van der Waals surface area contributed by atoms with Crippen LogP contribution in [-0.2, 0) is 4.79 Å². The Hall–Kier alpha value is -4.85. The van der Waals surface area contributed by atoms with E-state index in [0.717, 1.165) is 81.4 Å². The summed E-state index contributed by atoms with van der Waals surface area (Å²) in [7, 11) is 0. The quantitative estimate of drug-likeness (QED) is 0.256. The van der Waals surface area contributed by atoms with Crippen molar-refractivity contribution < 1.29 is 4.79 Å². The van der Waals surface area contributed by atoms with Crippen molar-refractivity contribution in [2.24, 2.45) is 5.92 Å². The minimum Gasteiger partial charge on any atom is -0.353 e. The SMILES string of the molecule is O=C(Nc1cncc(-c2cc3c(-c4cc5c(-c6ccccn6)cccc5[nH]4)n[nH]c3cn2)c1)C1CCCC1. The molecule has 0 radical (unpaired) electrons. The van der Waals surface area contributed by atoms with Gasteiger partial charge in [0.05, 0.1) is 40.7 Å². The Labute approximate surface area is 218 Å². The van der Waals surface area contributed by atoms with Gasteiger partial charge in [-0.3, -0.25) is 24.8 Å². The van der Waals surface area contributed by atoms with Crippen LogP contribution < -0.4 is 5.32 Å². The summed E-state index contributed by atoms with van der Waals surface area (Å²) in [5.74, 6) is 0.169. The molecule has 1 amide bonds. The number of hydrogen-bond donors (Lipinski definition) is 3. The van der Waals surface area contributed by atoms with Gasteiger partial charge in [-0.05, 0) is 49.2 Å². The topological polar surface area (TPSA) is 112 Å². The number of aromatic nitrogens is 6. The number of H-pyrrole nitrogens is 2. The van der Waals surface area contributed by atoms with E-state index < -0.39 is 0 Å². The highest BCUT2D eigenvalue weighted by molar-refractivity contribution is 6.01. The van der Waals surface area contributed by atoms with Crippen LogP contribution in [0.15, 0.2) is 79.4 Å². The van der Waals surface area contributed by atoms with Gasteiger partial charge in [-0.25, -0.2) is 0 Å². The summed E-state index contributed by atoms with van der Waals surface area (Å²) in [6.07, 6.45) is 11.2. The van der Waals surface area contributed by atoms with E-state index in [2.05, 4.69) is 53.6 Å². The number of hydrogen-bond acceptors (Lipinski definition) is 5. The summed E-state index contributed by atoms with van der Waals surface area (Å²) >= 11 is 0. The largest absolute Gasteiger partial charge is 0.353 e. The van der Waals surface area contributed by atoms with Gasteiger partial charge in [-0.2, -0.15) is 5.10 Å². The summed E-state index contributed by atoms with van der Waals surface area (Å²) in [5.41, 5.74) is 7.84. The highest BCUT2D eigenvalue weighted by atomic mass is 16.1. The van der Waals surface area contributed by atoms with E-state index in [1.165, 1.54) is 0 Å². The fourth-order valence-electron chi connectivity index (χ4n) is 5.39. The third kappa shape index (κ3) is 4.00. The standard InChI is InChI=1S/C30H25N7O/c38-30(18-6-1-2-7-18)34-20-12-19(15-31-16-20)26-14-23-28(17-33-26)36-37-29(23)27-13-22-21(8-5-10-25(22)35-27)24-9-3-4-11-32-24/h3-5,8-18,35H,1-2,6-7H2,(H,34,38)(H,36,37). The summed E-state index contributed by atoms with van der Waals surface area (Å²) in [6.45, 7) is 0. The molecule has 1 aliphatic rings. The van der Waals surface area contributed by atoms with E-state index in [9.17, 15) is 4.79 Å². The van der Waals surface area contributed by atoms with Crippen LogP contribution in [0.4, 0.5) is 5.69 Å². The molecule has 0 aliphatic heterocycles. The van der Waals surface area contributed by atoms with E-state index in [1.54, 1.807) is 18.6 Å². The molecule has 0 saturated heterocycles. The van der Waals surface area contributed by atoms with Crippen LogP contribution in [0.5, 0.6) is 0 Å². The van der Waals surface area contributed by atoms with Crippen molar-refractivity contribution in [3.05, 3.63) is 79.4 Å². The first-order chi connectivity index (χ1) is 18.7. The summed E-state index contributed by atoms with van der Waals surface area (Å²) in [5, 5.41) is 12.8. The highest BCUT2D eigenvalue weighted by Gasteiger charge is 2.23. The fraction of sp³-hybridized carbons (Fsp3) is 0.167.